The van der Waals surface area contributed by atoms with Gasteiger partial charge in [0.2, 0.25) is 11.8 Å². The molecule has 0 spiro atoms. The van der Waals surface area contributed by atoms with E-state index in [2.05, 4.69) is 25.9 Å². The second kappa shape index (κ2) is 5.76. The van der Waals surface area contributed by atoms with Gasteiger partial charge in [-0.1, -0.05) is 17.3 Å². The van der Waals surface area contributed by atoms with Gasteiger partial charge in [0, 0.05) is 5.92 Å². The number of hydrogen-bond donors (Lipinski definition) is 2. The minimum absolute atomic E-state index is 0.0574. The first-order valence-electron chi connectivity index (χ1n) is 7.54. The van der Waals surface area contributed by atoms with E-state index in [0.717, 1.165) is 12.8 Å². The van der Waals surface area contributed by atoms with Crippen molar-refractivity contribution in [1.82, 2.24) is 20.0 Å². The maximum atomic E-state index is 12.0. The molecule has 1 fully saturated rings. The molecular weight excluding hydrogens is 312 g/mol. The van der Waals surface area contributed by atoms with E-state index in [9.17, 15) is 9.59 Å². The highest BCUT2D eigenvalue weighted by Gasteiger charge is 2.30. The number of hydrogen-bond acceptors (Lipinski definition) is 6. The van der Waals surface area contributed by atoms with Crippen molar-refractivity contribution in [3.8, 4) is 0 Å². The SMILES string of the molecule is O=C(Cn1cc(NC(=O)C2CC2)nn1)Nc1nc2ccccc2o1. The fourth-order valence-electron chi connectivity index (χ4n) is 2.24. The molecule has 9 nitrogen and oxygen atoms in total. The Bertz CT molecular complexity index is 878. The molecule has 0 aliphatic heterocycles. The summed E-state index contributed by atoms with van der Waals surface area (Å²) in [5.74, 6) is 0.00340. The first-order chi connectivity index (χ1) is 11.7. The second-order valence-corrected chi connectivity index (χ2v) is 5.60. The molecule has 4 rings (SSSR count). The van der Waals surface area contributed by atoms with E-state index in [1.54, 1.807) is 12.1 Å². The van der Waals surface area contributed by atoms with Gasteiger partial charge in [-0.25, -0.2) is 4.68 Å². The first-order valence-corrected chi connectivity index (χ1v) is 7.54. The summed E-state index contributed by atoms with van der Waals surface area (Å²) in [6.07, 6.45) is 3.33. The third-order valence-corrected chi connectivity index (χ3v) is 3.58. The first kappa shape index (κ1) is 14.4. The Morgan fingerprint density at radius 2 is 2.08 bits per heavy atom. The van der Waals surface area contributed by atoms with Crippen molar-refractivity contribution in [2.45, 2.75) is 19.4 Å². The standard InChI is InChI=1S/C15H14N6O3/c22-13(18-15-16-10-3-1-2-4-11(10)24-15)8-21-7-12(19-20-21)17-14(23)9-5-6-9/h1-4,7,9H,5-6,8H2,(H,17,23)(H,16,18,22). The lowest BCUT2D eigenvalue weighted by atomic mass is 10.3. The zero-order valence-electron chi connectivity index (χ0n) is 12.6. The van der Waals surface area contributed by atoms with Crippen LogP contribution < -0.4 is 10.6 Å². The number of anilines is 2. The van der Waals surface area contributed by atoms with Gasteiger partial charge < -0.3 is 9.73 Å². The summed E-state index contributed by atoms with van der Waals surface area (Å²) in [6.45, 7) is -0.0645. The summed E-state index contributed by atoms with van der Waals surface area (Å²) >= 11 is 0. The number of para-hydroxylation sites is 2. The highest BCUT2D eigenvalue weighted by atomic mass is 16.4. The van der Waals surface area contributed by atoms with Crippen molar-refractivity contribution < 1.29 is 14.0 Å². The molecule has 2 heterocycles. The maximum absolute atomic E-state index is 12.0. The number of carbonyl (C=O) groups is 2. The molecule has 1 aliphatic rings. The molecule has 2 N–H and O–H groups in total. The number of nitrogens with zero attached hydrogens (tertiary/aromatic N) is 4. The fraction of sp³-hybridized carbons (Fsp3) is 0.267. The Labute approximate surface area is 136 Å². The van der Waals surface area contributed by atoms with Crippen LogP contribution in [-0.4, -0.2) is 31.8 Å². The van der Waals surface area contributed by atoms with Crippen LogP contribution in [0.4, 0.5) is 11.8 Å². The van der Waals surface area contributed by atoms with E-state index >= 15 is 0 Å². The third kappa shape index (κ3) is 3.09. The topological polar surface area (TPSA) is 115 Å². The highest BCUT2D eigenvalue weighted by Crippen LogP contribution is 2.29. The fourth-order valence-corrected chi connectivity index (χ4v) is 2.24. The maximum Gasteiger partial charge on any atom is 0.302 e. The highest BCUT2D eigenvalue weighted by molar-refractivity contribution is 5.93. The molecule has 9 heteroatoms. The molecule has 1 saturated carbocycles. The van der Waals surface area contributed by atoms with Crippen LogP contribution in [-0.2, 0) is 16.1 Å². The largest absolute Gasteiger partial charge is 0.423 e. The molecular formula is C15H14N6O3. The smallest absolute Gasteiger partial charge is 0.302 e. The number of nitrogens with one attached hydrogen (secondary N) is 2. The lowest BCUT2D eigenvalue weighted by molar-refractivity contribution is -0.118. The minimum Gasteiger partial charge on any atom is -0.423 e. The summed E-state index contributed by atoms with van der Waals surface area (Å²) in [4.78, 5) is 27.8. The summed E-state index contributed by atoms with van der Waals surface area (Å²) in [5.41, 5.74) is 1.26. The van der Waals surface area contributed by atoms with Gasteiger partial charge in [-0.05, 0) is 25.0 Å². The molecule has 0 unspecified atom stereocenters. The predicted octanol–water partition coefficient (Wildman–Crippen LogP) is 1.41. The quantitative estimate of drug-likeness (QED) is 0.732. The predicted molar refractivity (Wildman–Crippen MR) is 84.0 cm³/mol. The van der Waals surface area contributed by atoms with Gasteiger partial charge >= 0.3 is 6.01 Å². The van der Waals surface area contributed by atoms with E-state index in [1.807, 2.05) is 12.1 Å². The van der Waals surface area contributed by atoms with Gasteiger partial charge in [-0.3, -0.25) is 14.9 Å². The second-order valence-electron chi connectivity index (χ2n) is 5.60. The number of benzene rings is 1. The van der Waals surface area contributed by atoms with Crippen LogP contribution in [0.1, 0.15) is 12.8 Å². The summed E-state index contributed by atoms with van der Waals surface area (Å²) in [5, 5.41) is 12.9. The molecule has 2 amide bonds. The van der Waals surface area contributed by atoms with Crippen LogP contribution in [0.2, 0.25) is 0 Å². The molecule has 1 aliphatic carbocycles. The monoisotopic (exact) mass is 326 g/mol. The van der Waals surface area contributed by atoms with Crippen LogP contribution in [0.3, 0.4) is 0 Å². The van der Waals surface area contributed by atoms with E-state index in [-0.39, 0.29) is 30.3 Å². The summed E-state index contributed by atoms with van der Waals surface area (Å²) in [7, 11) is 0. The number of carbonyl (C=O) groups excluding carboxylic acids is 2. The van der Waals surface area contributed by atoms with Gasteiger partial charge in [0.25, 0.3) is 0 Å². The van der Waals surface area contributed by atoms with Crippen molar-refractivity contribution in [2.75, 3.05) is 10.6 Å². The van der Waals surface area contributed by atoms with Crippen molar-refractivity contribution in [3.05, 3.63) is 30.5 Å². The molecule has 0 atom stereocenters. The Hall–Kier alpha value is -3.23. The van der Waals surface area contributed by atoms with Crippen LogP contribution in [0, 0.1) is 5.92 Å². The Kier molecular flexibility index (Phi) is 3.45. The van der Waals surface area contributed by atoms with Crippen LogP contribution >= 0.6 is 0 Å². The summed E-state index contributed by atoms with van der Waals surface area (Å²) in [6, 6.07) is 7.35. The average molecular weight is 326 g/mol. The van der Waals surface area contributed by atoms with E-state index in [1.165, 1.54) is 10.9 Å². The molecule has 1 aromatic carbocycles. The van der Waals surface area contributed by atoms with Crippen molar-refractivity contribution in [3.63, 3.8) is 0 Å². The number of rotatable bonds is 5. The van der Waals surface area contributed by atoms with E-state index in [0.29, 0.717) is 16.9 Å². The number of amides is 2. The Balaban J connectivity index is 1.37. The number of fused-ring (bicyclic) bond motifs is 1. The van der Waals surface area contributed by atoms with Gasteiger partial charge in [-0.15, -0.1) is 5.10 Å². The average Bonchev–Trinajstić information content (AvgIpc) is 3.20. The van der Waals surface area contributed by atoms with Crippen LogP contribution in [0.5, 0.6) is 0 Å². The molecule has 24 heavy (non-hydrogen) atoms. The zero-order valence-corrected chi connectivity index (χ0v) is 12.6. The van der Waals surface area contributed by atoms with Gasteiger partial charge in [-0.2, -0.15) is 4.98 Å². The summed E-state index contributed by atoms with van der Waals surface area (Å²) < 4.78 is 6.76. The lowest BCUT2D eigenvalue weighted by Crippen LogP contribution is -2.19. The zero-order chi connectivity index (χ0) is 16.5. The number of aromatic nitrogens is 4. The number of oxazole rings is 1. The molecule has 2 aromatic heterocycles. The van der Waals surface area contributed by atoms with Gasteiger partial charge in [0.15, 0.2) is 11.4 Å². The van der Waals surface area contributed by atoms with E-state index < -0.39 is 0 Å². The van der Waals surface area contributed by atoms with Gasteiger partial charge in [0.1, 0.15) is 12.1 Å². The van der Waals surface area contributed by atoms with Crippen LogP contribution in [0.15, 0.2) is 34.9 Å². The molecule has 0 saturated heterocycles. The molecule has 3 aromatic rings. The van der Waals surface area contributed by atoms with Crippen molar-refractivity contribution >= 4 is 34.7 Å². The van der Waals surface area contributed by atoms with Gasteiger partial charge in [0.05, 0.1) is 6.20 Å². The van der Waals surface area contributed by atoms with Crippen LogP contribution in [0.25, 0.3) is 11.1 Å². The lowest BCUT2D eigenvalue weighted by Gasteiger charge is -2.00. The molecule has 122 valence electrons. The van der Waals surface area contributed by atoms with Crippen molar-refractivity contribution in [2.24, 2.45) is 5.92 Å². The Morgan fingerprint density at radius 3 is 2.88 bits per heavy atom. The molecule has 0 bridgehead atoms. The van der Waals surface area contributed by atoms with E-state index in [4.69, 9.17) is 4.42 Å². The van der Waals surface area contributed by atoms with Crippen molar-refractivity contribution in [1.29, 1.82) is 0 Å². The Morgan fingerprint density at radius 1 is 1.25 bits per heavy atom. The molecule has 0 radical (unpaired) electrons. The minimum atomic E-state index is -0.355. The normalized spacial score (nSPS) is 13.8. The third-order valence-electron chi connectivity index (χ3n) is 3.58.